The molecule has 0 aliphatic heterocycles. The average molecular weight is 379 g/mol. The Morgan fingerprint density at radius 3 is 1.58 bits per heavy atom. The average Bonchev–Trinajstić information content (AvgIpc) is 2.65. The number of unbranched alkanes of at least 4 members (excludes halogenated alkanes) is 13. The van der Waals surface area contributed by atoms with E-state index in [1.807, 2.05) is 23.9 Å². The number of hydrogen-bond acceptors (Lipinski definition) is 2. The Labute approximate surface area is 167 Å². The van der Waals surface area contributed by atoms with Gasteiger partial charge in [0.25, 0.3) is 0 Å². The van der Waals surface area contributed by atoms with Gasteiger partial charge in [0.05, 0.1) is 0 Å². The van der Waals surface area contributed by atoms with Gasteiger partial charge in [-0.3, -0.25) is 0 Å². The first-order valence-electron chi connectivity index (χ1n) is 11.1. The number of rotatable bonds is 17. The van der Waals surface area contributed by atoms with Crippen molar-refractivity contribution in [2.45, 2.75) is 109 Å². The third-order valence-electron chi connectivity index (χ3n) is 5.23. The van der Waals surface area contributed by atoms with Crippen LogP contribution in [0.25, 0.3) is 0 Å². The lowest BCUT2D eigenvalue weighted by Gasteiger charge is -2.11. The van der Waals surface area contributed by atoms with Gasteiger partial charge >= 0.3 is 0 Å². The largest absolute Gasteiger partial charge is 0.508 e. The van der Waals surface area contributed by atoms with Crippen molar-refractivity contribution in [2.24, 2.45) is 0 Å². The van der Waals surface area contributed by atoms with Crippen molar-refractivity contribution < 1.29 is 5.11 Å². The van der Waals surface area contributed by atoms with Gasteiger partial charge in [-0.05, 0) is 36.8 Å². The minimum Gasteiger partial charge on any atom is -0.508 e. The van der Waals surface area contributed by atoms with Crippen molar-refractivity contribution in [1.29, 1.82) is 0 Å². The number of phenolic OH excluding ortho intramolecular Hbond substituents is 1. The van der Waals surface area contributed by atoms with Crippen LogP contribution in [0.2, 0.25) is 0 Å². The fourth-order valence-electron chi connectivity index (χ4n) is 3.40. The van der Waals surface area contributed by atoms with Crippen LogP contribution in [-0.2, 0) is 0 Å². The molecule has 0 aromatic heterocycles. The molecule has 26 heavy (non-hydrogen) atoms. The molecule has 1 aromatic carbocycles. The first-order chi connectivity index (χ1) is 12.7. The Bertz CT molecular complexity index is 415. The summed E-state index contributed by atoms with van der Waals surface area (Å²) >= 11 is 2.04. The Morgan fingerprint density at radius 2 is 1.12 bits per heavy atom. The Morgan fingerprint density at radius 1 is 0.692 bits per heavy atom. The lowest BCUT2D eigenvalue weighted by Crippen LogP contribution is -1.90. The molecule has 0 aliphatic carbocycles. The Kier molecular flexibility index (Phi) is 14.9. The topological polar surface area (TPSA) is 20.2 Å². The maximum Gasteiger partial charge on any atom is 0.115 e. The highest BCUT2D eigenvalue weighted by Crippen LogP contribution is 2.30. The lowest BCUT2D eigenvalue weighted by atomic mass is 10.0. The predicted octanol–water partition coefficient (Wildman–Crippen LogP) is 8.67. The molecule has 1 N–H and O–H groups in total. The normalized spacial score (nSPS) is 12.4. The predicted molar refractivity (Wildman–Crippen MR) is 119 cm³/mol. The van der Waals surface area contributed by atoms with Crippen LogP contribution in [0, 0.1) is 0 Å². The van der Waals surface area contributed by atoms with Gasteiger partial charge in [-0.1, -0.05) is 103 Å². The smallest absolute Gasteiger partial charge is 0.115 e. The molecule has 1 rings (SSSR count). The van der Waals surface area contributed by atoms with Crippen LogP contribution >= 0.6 is 11.8 Å². The van der Waals surface area contributed by atoms with Crippen LogP contribution in [0.3, 0.4) is 0 Å². The van der Waals surface area contributed by atoms with Crippen molar-refractivity contribution in [3.63, 3.8) is 0 Å². The fourth-order valence-corrected chi connectivity index (χ4v) is 4.47. The second-order valence-electron chi connectivity index (χ2n) is 7.70. The standard InChI is InChI=1S/C24H42OS/c1-3-4-5-6-7-8-9-10-11-12-13-14-15-16-21-26-22(2)23-17-19-24(25)20-18-23/h17-20,22,25H,3-16,21H2,1-2H3. The van der Waals surface area contributed by atoms with Gasteiger partial charge in [0, 0.05) is 5.25 Å². The number of benzene rings is 1. The van der Waals surface area contributed by atoms with Gasteiger partial charge in [-0.2, -0.15) is 11.8 Å². The van der Waals surface area contributed by atoms with Crippen molar-refractivity contribution >= 4 is 11.8 Å². The lowest BCUT2D eigenvalue weighted by molar-refractivity contribution is 0.475. The van der Waals surface area contributed by atoms with Crippen molar-refractivity contribution in [3.8, 4) is 5.75 Å². The van der Waals surface area contributed by atoms with Crippen LogP contribution in [0.15, 0.2) is 24.3 Å². The molecule has 0 amide bonds. The summed E-state index contributed by atoms with van der Waals surface area (Å²) in [7, 11) is 0. The molecular formula is C24H42OS. The summed E-state index contributed by atoms with van der Waals surface area (Å²) in [4.78, 5) is 0. The van der Waals surface area contributed by atoms with E-state index in [0.29, 0.717) is 11.0 Å². The second kappa shape index (κ2) is 16.5. The van der Waals surface area contributed by atoms with Crippen LogP contribution in [0.1, 0.15) is 115 Å². The van der Waals surface area contributed by atoms with Gasteiger partial charge in [-0.15, -0.1) is 0 Å². The number of hydrogen-bond donors (Lipinski definition) is 1. The van der Waals surface area contributed by atoms with Gasteiger partial charge in [0.2, 0.25) is 0 Å². The van der Waals surface area contributed by atoms with E-state index in [4.69, 9.17) is 0 Å². The number of phenols is 1. The molecule has 0 bridgehead atoms. The van der Waals surface area contributed by atoms with E-state index in [0.717, 1.165) is 0 Å². The summed E-state index contributed by atoms with van der Waals surface area (Å²) in [5.41, 5.74) is 1.32. The highest BCUT2D eigenvalue weighted by molar-refractivity contribution is 7.99. The third-order valence-corrected chi connectivity index (χ3v) is 6.52. The molecule has 1 nitrogen and oxygen atoms in total. The Balaban J connectivity index is 1.81. The van der Waals surface area contributed by atoms with E-state index in [1.165, 1.54) is 101 Å². The SMILES string of the molecule is CCCCCCCCCCCCCCCCSC(C)c1ccc(O)cc1. The minimum atomic E-state index is 0.359. The highest BCUT2D eigenvalue weighted by atomic mass is 32.2. The monoisotopic (exact) mass is 378 g/mol. The fraction of sp³-hybridized carbons (Fsp3) is 0.750. The molecule has 2 heteroatoms. The van der Waals surface area contributed by atoms with E-state index < -0.39 is 0 Å². The first kappa shape index (κ1) is 23.4. The Hall–Kier alpha value is -0.630. The van der Waals surface area contributed by atoms with Crippen molar-refractivity contribution in [2.75, 3.05) is 5.75 Å². The molecule has 1 atom stereocenters. The van der Waals surface area contributed by atoms with Gasteiger partial charge in [0.15, 0.2) is 0 Å². The summed E-state index contributed by atoms with van der Waals surface area (Å²) in [6.45, 7) is 4.55. The molecule has 0 saturated carbocycles. The maximum absolute atomic E-state index is 9.35. The summed E-state index contributed by atoms with van der Waals surface area (Å²) in [5.74, 6) is 1.61. The van der Waals surface area contributed by atoms with E-state index in [9.17, 15) is 5.11 Å². The number of thioether (sulfide) groups is 1. The third kappa shape index (κ3) is 12.7. The van der Waals surface area contributed by atoms with E-state index in [2.05, 4.69) is 13.8 Å². The zero-order valence-corrected chi connectivity index (χ0v) is 18.2. The van der Waals surface area contributed by atoms with Crippen LogP contribution in [0.5, 0.6) is 5.75 Å². The maximum atomic E-state index is 9.35. The summed E-state index contributed by atoms with van der Waals surface area (Å²) in [5, 5.41) is 9.87. The van der Waals surface area contributed by atoms with Crippen molar-refractivity contribution in [1.82, 2.24) is 0 Å². The molecule has 1 unspecified atom stereocenters. The van der Waals surface area contributed by atoms with Crippen LogP contribution in [0.4, 0.5) is 0 Å². The molecule has 150 valence electrons. The van der Waals surface area contributed by atoms with Crippen LogP contribution < -0.4 is 0 Å². The molecule has 0 fully saturated rings. The highest BCUT2D eigenvalue weighted by Gasteiger charge is 2.05. The quantitative estimate of drug-likeness (QED) is 0.274. The van der Waals surface area contributed by atoms with E-state index in [1.54, 1.807) is 12.1 Å². The molecule has 0 saturated heterocycles. The van der Waals surface area contributed by atoms with E-state index >= 15 is 0 Å². The summed E-state index contributed by atoms with van der Waals surface area (Å²) < 4.78 is 0. The molecule has 0 heterocycles. The molecular weight excluding hydrogens is 336 g/mol. The molecule has 0 radical (unpaired) electrons. The molecule has 1 aromatic rings. The van der Waals surface area contributed by atoms with Gasteiger partial charge < -0.3 is 5.11 Å². The van der Waals surface area contributed by atoms with Crippen molar-refractivity contribution in [3.05, 3.63) is 29.8 Å². The first-order valence-corrected chi connectivity index (χ1v) is 12.2. The summed E-state index contributed by atoms with van der Waals surface area (Å²) in [6.07, 6.45) is 19.9. The minimum absolute atomic E-state index is 0.359. The molecule has 0 aliphatic rings. The van der Waals surface area contributed by atoms with Gasteiger partial charge in [0.1, 0.15) is 5.75 Å². The summed E-state index contributed by atoms with van der Waals surface area (Å²) in [6, 6.07) is 7.66. The second-order valence-corrected chi connectivity index (χ2v) is 9.15. The zero-order valence-electron chi connectivity index (χ0n) is 17.3. The van der Waals surface area contributed by atoms with E-state index in [-0.39, 0.29) is 0 Å². The van der Waals surface area contributed by atoms with Crippen LogP contribution in [-0.4, -0.2) is 10.9 Å². The zero-order chi connectivity index (χ0) is 18.9. The van der Waals surface area contributed by atoms with Gasteiger partial charge in [-0.25, -0.2) is 0 Å². The number of aromatic hydroxyl groups is 1. The molecule has 0 spiro atoms.